The van der Waals surface area contributed by atoms with Crippen LogP contribution in [0.5, 0.6) is 5.75 Å². The number of rotatable bonds is 4. The van der Waals surface area contributed by atoms with Crippen molar-refractivity contribution < 1.29 is 14.3 Å². The molecule has 0 spiro atoms. The molecule has 0 fully saturated rings. The number of hydrogen-bond donors (Lipinski definition) is 1. The van der Waals surface area contributed by atoms with Crippen molar-refractivity contribution in [3.63, 3.8) is 0 Å². The number of hydrogen-bond acceptors (Lipinski definition) is 3. The average Bonchev–Trinajstić information content (AvgIpc) is 2.47. The number of aromatic nitrogens is 1. The van der Waals surface area contributed by atoms with Crippen LogP contribution in [0.25, 0.3) is 0 Å². The zero-order valence-electron chi connectivity index (χ0n) is 11.1. The Balaban J connectivity index is 2.23. The van der Waals surface area contributed by atoms with Gasteiger partial charge in [-0.25, -0.2) is 4.39 Å². The normalized spacial score (nSPS) is 10.3. The summed E-state index contributed by atoms with van der Waals surface area (Å²) < 4.78 is 13.2. The summed E-state index contributed by atoms with van der Waals surface area (Å²) in [6.07, 6.45) is 3.29. The van der Waals surface area contributed by atoms with Crippen LogP contribution in [0, 0.1) is 5.82 Å². The maximum atomic E-state index is 13.2. The van der Waals surface area contributed by atoms with Gasteiger partial charge in [0.2, 0.25) is 0 Å². The lowest BCUT2D eigenvalue weighted by molar-refractivity contribution is 0.0749. The zero-order valence-corrected chi connectivity index (χ0v) is 11.1. The van der Waals surface area contributed by atoms with E-state index < -0.39 is 11.7 Å². The molecule has 0 unspecified atom stereocenters. The van der Waals surface area contributed by atoms with Gasteiger partial charge in [0.05, 0.1) is 5.56 Å². The molecule has 20 heavy (non-hydrogen) atoms. The fraction of sp³-hybridized carbons (Fsp3) is 0.200. The lowest BCUT2D eigenvalue weighted by Gasteiger charge is -2.21. The Morgan fingerprint density at radius 3 is 2.65 bits per heavy atom. The lowest BCUT2D eigenvalue weighted by Crippen LogP contribution is -2.30. The van der Waals surface area contributed by atoms with E-state index in [0.717, 1.165) is 17.7 Å². The summed E-state index contributed by atoms with van der Waals surface area (Å²) in [4.78, 5) is 17.8. The van der Waals surface area contributed by atoms with Crippen LogP contribution in [0.1, 0.15) is 22.8 Å². The van der Waals surface area contributed by atoms with Gasteiger partial charge < -0.3 is 10.0 Å². The molecule has 1 N–H and O–H groups in total. The van der Waals surface area contributed by atoms with Gasteiger partial charge >= 0.3 is 0 Å². The average molecular weight is 274 g/mol. The summed E-state index contributed by atoms with van der Waals surface area (Å²) in [5.41, 5.74) is 0.895. The lowest BCUT2D eigenvalue weighted by atomic mass is 10.1. The highest BCUT2D eigenvalue weighted by atomic mass is 19.1. The molecule has 0 aliphatic heterocycles. The molecular weight excluding hydrogens is 259 g/mol. The maximum Gasteiger partial charge on any atom is 0.258 e. The molecule has 0 saturated heterocycles. The van der Waals surface area contributed by atoms with Crippen molar-refractivity contribution >= 4 is 5.91 Å². The number of carbonyl (C=O) groups is 1. The number of pyridine rings is 1. The second-order valence-corrected chi connectivity index (χ2v) is 4.34. The van der Waals surface area contributed by atoms with Crippen molar-refractivity contribution in [1.29, 1.82) is 0 Å². The first-order valence-electron chi connectivity index (χ1n) is 6.28. The highest BCUT2D eigenvalue weighted by molar-refractivity contribution is 5.96. The van der Waals surface area contributed by atoms with Crippen LogP contribution >= 0.6 is 0 Å². The Morgan fingerprint density at radius 1 is 1.30 bits per heavy atom. The first-order valence-corrected chi connectivity index (χ1v) is 6.28. The second kappa shape index (κ2) is 6.14. The smallest absolute Gasteiger partial charge is 0.258 e. The van der Waals surface area contributed by atoms with E-state index in [1.165, 1.54) is 11.0 Å². The van der Waals surface area contributed by atoms with Gasteiger partial charge in [0.1, 0.15) is 11.6 Å². The molecule has 0 aliphatic rings. The molecule has 5 heteroatoms. The molecule has 0 atom stereocenters. The molecule has 2 aromatic rings. The fourth-order valence-corrected chi connectivity index (χ4v) is 1.89. The Labute approximate surface area is 116 Å². The molecular formula is C15H15FN2O2. The highest BCUT2D eigenvalue weighted by Crippen LogP contribution is 2.20. The number of amides is 1. The molecule has 2 rings (SSSR count). The number of halogens is 1. The topological polar surface area (TPSA) is 53.4 Å². The molecule has 0 bridgehead atoms. The third-order valence-electron chi connectivity index (χ3n) is 2.98. The van der Waals surface area contributed by atoms with Gasteiger partial charge in [0.25, 0.3) is 5.91 Å². The van der Waals surface area contributed by atoms with Crippen LogP contribution in [0.4, 0.5) is 4.39 Å². The predicted octanol–water partition coefficient (Wildman–Crippen LogP) is 2.59. The number of benzene rings is 1. The maximum absolute atomic E-state index is 13.2. The van der Waals surface area contributed by atoms with Gasteiger partial charge in [0, 0.05) is 25.5 Å². The van der Waals surface area contributed by atoms with E-state index in [2.05, 4.69) is 4.98 Å². The standard InChI is InChI=1S/C15H15FN2O2/c1-2-18(10-11-5-7-17-8-6-11)15(20)13-9-12(16)3-4-14(13)19/h3-9,19H,2,10H2,1H3. The molecule has 1 heterocycles. The van der Waals surface area contributed by atoms with Gasteiger partial charge in [-0.3, -0.25) is 9.78 Å². The number of carbonyl (C=O) groups excluding carboxylic acids is 1. The Morgan fingerprint density at radius 2 is 2.00 bits per heavy atom. The molecule has 1 amide bonds. The van der Waals surface area contributed by atoms with Gasteiger partial charge in [-0.05, 0) is 42.8 Å². The van der Waals surface area contributed by atoms with Gasteiger partial charge in [-0.2, -0.15) is 0 Å². The predicted molar refractivity (Wildman–Crippen MR) is 72.7 cm³/mol. The summed E-state index contributed by atoms with van der Waals surface area (Å²) in [6.45, 7) is 2.67. The first kappa shape index (κ1) is 14.0. The largest absolute Gasteiger partial charge is 0.507 e. The monoisotopic (exact) mass is 274 g/mol. The van der Waals surface area contributed by atoms with E-state index in [9.17, 15) is 14.3 Å². The van der Waals surface area contributed by atoms with Crippen molar-refractivity contribution in [2.45, 2.75) is 13.5 Å². The van der Waals surface area contributed by atoms with Crippen molar-refractivity contribution in [3.05, 3.63) is 59.7 Å². The molecule has 0 saturated carbocycles. The minimum absolute atomic E-state index is 0.0269. The van der Waals surface area contributed by atoms with E-state index in [-0.39, 0.29) is 11.3 Å². The van der Waals surface area contributed by atoms with Gasteiger partial charge in [-0.15, -0.1) is 0 Å². The van der Waals surface area contributed by atoms with Crippen molar-refractivity contribution in [2.24, 2.45) is 0 Å². The Kier molecular flexibility index (Phi) is 4.30. The summed E-state index contributed by atoms with van der Waals surface area (Å²) in [6, 6.07) is 6.96. The number of aromatic hydroxyl groups is 1. The van der Waals surface area contributed by atoms with Crippen LogP contribution < -0.4 is 0 Å². The molecule has 1 aromatic carbocycles. The third kappa shape index (κ3) is 3.12. The van der Waals surface area contributed by atoms with Crippen LogP contribution in [-0.4, -0.2) is 27.4 Å². The van der Waals surface area contributed by atoms with Crippen LogP contribution in [-0.2, 0) is 6.54 Å². The van der Waals surface area contributed by atoms with Crippen molar-refractivity contribution in [2.75, 3.05) is 6.54 Å². The second-order valence-electron chi connectivity index (χ2n) is 4.34. The van der Waals surface area contributed by atoms with Gasteiger partial charge in [0.15, 0.2) is 0 Å². The quantitative estimate of drug-likeness (QED) is 0.932. The van der Waals surface area contributed by atoms with Crippen molar-refractivity contribution in [3.8, 4) is 5.75 Å². The van der Waals surface area contributed by atoms with Gasteiger partial charge in [-0.1, -0.05) is 0 Å². The third-order valence-corrected chi connectivity index (χ3v) is 2.98. The van der Waals surface area contributed by atoms with E-state index >= 15 is 0 Å². The minimum Gasteiger partial charge on any atom is -0.507 e. The summed E-state index contributed by atoms with van der Waals surface area (Å²) >= 11 is 0. The molecule has 0 aliphatic carbocycles. The first-order chi connectivity index (χ1) is 9.61. The van der Waals surface area contributed by atoms with Crippen molar-refractivity contribution in [1.82, 2.24) is 9.88 Å². The van der Waals surface area contributed by atoms with E-state index in [1.54, 1.807) is 24.5 Å². The number of phenolic OH excluding ortho intramolecular Hbond substituents is 1. The Bertz CT molecular complexity index is 602. The number of nitrogens with zero attached hydrogens (tertiary/aromatic N) is 2. The zero-order chi connectivity index (χ0) is 14.5. The summed E-state index contributed by atoms with van der Waals surface area (Å²) in [5.74, 6) is -1.17. The van der Waals surface area contributed by atoms with E-state index in [4.69, 9.17) is 0 Å². The SMILES string of the molecule is CCN(Cc1ccncc1)C(=O)c1cc(F)ccc1O. The molecule has 104 valence electrons. The molecule has 1 aromatic heterocycles. The van der Waals surface area contributed by atoms with E-state index in [0.29, 0.717) is 13.1 Å². The number of phenols is 1. The van der Waals surface area contributed by atoms with E-state index in [1.807, 2.05) is 6.92 Å². The molecule has 4 nitrogen and oxygen atoms in total. The van der Waals surface area contributed by atoms with Crippen LogP contribution in [0.2, 0.25) is 0 Å². The summed E-state index contributed by atoms with van der Waals surface area (Å²) in [7, 11) is 0. The highest BCUT2D eigenvalue weighted by Gasteiger charge is 2.18. The Hall–Kier alpha value is -2.43. The summed E-state index contributed by atoms with van der Waals surface area (Å²) in [5, 5.41) is 9.69. The minimum atomic E-state index is -0.550. The van der Waals surface area contributed by atoms with Crippen LogP contribution in [0.3, 0.4) is 0 Å². The van der Waals surface area contributed by atoms with Crippen LogP contribution in [0.15, 0.2) is 42.7 Å². The fourth-order valence-electron chi connectivity index (χ4n) is 1.89. The molecule has 0 radical (unpaired) electrons.